The van der Waals surface area contributed by atoms with E-state index in [1.807, 2.05) is 41.3 Å². The second kappa shape index (κ2) is 3.79. The van der Waals surface area contributed by atoms with E-state index in [1.54, 1.807) is 12.1 Å². The van der Waals surface area contributed by atoms with Gasteiger partial charge < -0.3 is 15.1 Å². The molecule has 0 bridgehead atoms. The number of benzene rings is 2. The maximum atomic E-state index is 10.1. The van der Waals surface area contributed by atoms with Gasteiger partial charge in [0, 0.05) is 17.7 Å². The van der Waals surface area contributed by atoms with Crippen molar-refractivity contribution in [3.63, 3.8) is 0 Å². The van der Waals surface area contributed by atoms with Gasteiger partial charge in [0.2, 0.25) is 0 Å². The van der Waals surface area contributed by atoms with Crippen molar-refractivity contribution in [2.24, 2.45) is 0 Å². The monoisotopic (exact) mass is 227 g/mol. The lowest BCUT2D eigenvalue weighted by Gasteiger charge is -2.23. The highest BCUT2D eigenvalue weighted by atomic mass is 16.3. The molecule has 0 fully saturated rings. The average Bonchev–Trinajstić information content (AvgIpc) is 2.68. The van der Waals surface area contributed by atoms with Crippen LogP contribution in [0.2, 0.25) is 0 Å². The summed E-state index contributed by atoms with van der Waals surface area (Å²) in [6.45, 7) is 0. The van der Waals surface area contributed by atoms with Gasteiger partial charge in [-0.15, -0.1) is 0 Å². The van der Waals surface area contributed by atoms with Crippen LogP contribution in [0.15, 0.2) is 48.5 Å². The number of hydrogen-bond donors (Lipinski definition) is 2. The molecule has 1 aliphatic rings. The number of nitrogens with zero attached hydrogens (tertiary/aromatic N) is 1. The molecule has 17 heavy (non-hydrogen) atoms. The van der Waals surface area contributed by atoms with Crippen LogP contribution < -0.4 is 4.90 Å². The summed E-state index contributed by atoms with van der Waals surface area (Å²) < 4.78 is 0. The van der Waals surface area contributed by atoms with Gasteiger partial charge in [0.05, 0.1) is 5.69 Å². The Morgan fingerprint density at radius 1 is 1.00 bits per heavy atom. The Hall–Kier alpha value is -2.00. The van der Waals surface area contributed by atoms with Gasteiger partial charge in [-0.25, -0.2) is 0 Å². The van der Waals surface area contributed by atoms with Crippen LogP contribution in [0.3, 0.4) is 0 Å². The van der Waals surface area contributed by atoms with Crippen molar-refractivity contribution in [1.82, 2.24) is 0 Å². The van der Waals surface area contributed by atoms with E-state index in [9.17, 15) is 10.2 Å². The molecule has 1 atom stereocenters. The van der Waals surface area contributed by atoms with Crippen molar-refractivity contribution in [3.8, 4) is 5.75 Å². The molecule has 3 heteroatoms. The quantitative estimate of drug-likeness (QED) is 0.786. The fraction of sp³-hybridized carbons (Fsp3) is 0.143. The molecule has 0 saturated carbocycles. The zero-order valence-corrected chi connectivity index (χ0v) is 9.24. The van der Waals surface area contributed by atoms with Crippen molar-refractivity contribution < 1.29 is 10.2 Å². The van der Waals surface area contributed by atoms with Crippen LogP contribution in [0, 0.1) is 0 Å². The van der Waals surface area contributed by atoms with Gasteiger partial charge in [0.1, 0.15) is 12.0 Å². The predicted molar refractivity (Wildman–Crippen MR) is 66.4 cm³/mol. The number of rotatable bonds is 1. The van der Waals surface area contributed by atoms with E-state index in [0.29, 0.717) is 6.42 Å². The molecule has 0 radical (unpaired) electrons. The lowest BCUT2D eigenvalue weighted by molar-refractivity contribution is 0.190. The highest BCUT2D eigenvalue weighted by molar-refractivity contribution is 5.72. The number of hydrogen-bond acceptors (Lipinski definition) is 3. The van der Waals surface area contributed by atoms with Gasteiger partial charge in [-0.2, -0.15) is 0 Å². The minimum absolute atomic E-state index is 0.250. The minimum atomic E-state index is -0.610. The molecule has 86 valence electrons. The van der Waals surface area contributed by atoms with Gasteiger partial charge >= 0.3 is 0 Å². The predicted octanol–water partition coefficient (Wildman–Crippen LogP) is 2.40. The summed E-state index contributed by atoms with van der Waals surface area (Å²) in [6.07, 6.45) is -0.155. The lowest BCUT2D eigenvalue weighted by Crippen LogP contribution is -2.26. The summed E-state index contributed by atoms with van der Waals surface area (Å²) in [6, 6.07) is 15.1. The number of phenolic OH excluding ortho intramolecular Hbond substituents is 1. The maximum absolute atomic E-state index is 10.1. The Balaban J connectivity index is 2.12. The third-order valence-corrected chi connectivity index (χ3v) is 3.11. The molecule has 0 spiro atoms. The molecular weight excluding hydrogens is 214 g/mol. The standard InChI is InChI=1S/C14H13NO2/c16-13-8-4-7-12-11(13)9-14(17)15(12)10-5-2-1-3-6-10/h1-8,14,16-17H,9H2. The summed E-state index contributed by atoms with van der Waals surface area (Å²) in [5, 5.41) is 19.9. The first-order chi connectivity index (χ1) is 8.27. The van der Waals surface area contributed by atoms with Crippen LogP contribution in [-0.4, -0.2) is 16.4 Å². The average molecular weight is 227 g/mol. The summed E-state index contributed by atoms with van der Waals surface area (Å²) in [4.78, 5) is 1.84. The van der Waals surface area contributed by atoms with Crippen molar-refractivity contribution in [2.45, 2.75) is 12.6 Å². The van der Waals surface area contributed by atoms with E-state index in [1.165, 1.54) is 0 Å². The molecule has 0 saturated heterocycles. The number of aromatic hydroxyl groups is 1. The van der Waals surface area contributed by atoms with Gasteiger partial charge in [0.15, 0.2) is 0 Å². The molecule has 2 N–H and O–H groups in total. The maximum Gasteiger partial charge on any atom is 0.135 e. The van der Waals surface area contributed by atoms with Gasteiger partial charge in [-0.05, 0) is 24.3 Å². The molecule has 0 amide bonds. The lowest BCUT2D eigenvalue weighted by atomic mass is 10.1. The molecule has 2 aromatic carbocycles. The first-order valence-corrected chi connectivity index (χ1v) is 5.60. The van der Waals surface area contributed by atoms with Crippen LogP contribution in [0.1, 0.15) is 5.56 Å². The van der Waals surface area contributed by atoms with E-state index < -0.39 is 6.23 Å². The van der Waals surface area contributed by atoms with Crippen molar-refractivity contribution in [1.29, 1.82) is 0 Å². The largest absolute Gasteiger partial charge is 0.508 e. The molecule has 2 aromatic rings. The van der Waals surface area contributed by atoms with Crippen LogP contribution in [0.25, 0.3) is 0 Å². The second-order valence-electron chi connectivity index (χ2n) is 4.17. The Bertz CT molecular complexity index is 539. The summed E-state index contributed by atoms with van der Waals surface area (Å²) in [7, 11) is 0. The highest BCUT2D eigenvalue weighted by Crippen LogP contribution is 2.41. The number of fused-ring (bicyclic) bond motifs is 1. The third kappa shape index (κ3) is 1.56. The molecule has 3 nitrogen and oxygen atoms in total. The Morgan fingerprint density at radius 3 is 2.53 bits per heavy atom. The highest BCUT2D eigenvalue weighted by Gasteiger charge is 2.30. The number of para-hydroxylation sites is 1. The SMILES string of the molecule is Oc1cccc2c1CC(O)N2c1ccccc1. The minimum Gasteiger partial charge on any atom is -0.508 e. The molecular formula is C14H13NO2. The topological polar surface area (TPSA) is 43.7 Å². The normalized spacial score (nSPS) is 18.2. The number of phenols is 1. The third-order valence-electron chi connectivity index (χ3n) is 3.11. The van der Waals surface area contributed by atoms with Crippen LogP contribution >= 0.6 is 0 Å². The summed E-state index contributed by atoms with van der Waals surface area (Å²) in [5.41, 5.74) is 2.62. The molecule has 0 aliphatic carbocycles. The zero-order chi connectivity index (χ0) is 11.8. The first kappa shape index (κ1) is 10.2. The van der Waals surface area contributed by atoms with E-state index in [2.05, 4.69) is 0 Å². The van der Waals surface area contributed by atoms with E-state index in [4.69, 9.17) is 0 Å². The van der Waals surface area contributed by atoms with E-state index in [-0.39, 0.29) is 5.75 Å². The number of aliphatic hydroxyl groups is 1. The molecule has 0 aromatic heterocycles. The molecule has 1 heterocycles. The first-order valence-electron chi connectivity index (χ1n) is 5.60. The Labute approximate surface area is 99.6 Å². The van der Waals surface area contributed by atoms with Crippen molar-refractivity contribution in [3.05, 3.63) is 54.1 Å². The van der Waals surface area contributed by atoms with Gasteiger partial charge in [-0.1, -0.05) is 24.3 Å². The smallest absolute Gasteiger partial charge is 0.135 e. The summed E-state index contributed by atoms with van der Waals surface area (Å²) in [5.74, 6) is 0.250. The van der Waals surface area contributed by atoms with Gasteiger partial charge in [-0.3, -0.25) is 0 Å². The molecule has 1 unspecified atom stereocenters. The fourth-order valence-corrected chi connectivity index (χ4v) is 2.33. The Morgan fingerprint density at radius 2 is 1.76 bits per heavy atom. The van der Waals surface area contributed by atoms with Crippen LogP contribution in [0.5, 0.6) is 5.75 Å². The van der Waals surface area contributed by atoms with Crippen molar-refractivity contribution in [2.75, 3.05) is 4.90 Å². The molecule has 3 rings (SSSR count). The number of aliphatic hydroxyl groups excluding tert-OH is 1. The van der Waals surface area contributed by atoms with Crippen molar-refractivity contribution >= 4 is 11.4 Å². The fourth-order valence-electron chi connectivity index (χ4n) is 2.33. The van der Waals surface area contributed by atoms with Crippen LogP contribution in [0.4, 0.5) is 11.4 Å². The second-order valence-corrected chi connectivity index (χ2v) is 4.17. The Kier molecular flexibility index (Phi) is 2.27. The van der Waals surface area contributed by atoms with Crippen LogP contribution in [-0.2, 0) is 6.42 Å². The summed E-state index contributed by atoms with van der Waals surface area (Å²) >= 11 is 0. The number of anilines is 2. The molecule has 1 aliphatic heterocycles. The van der Waals surface area contributed by atoms with Gasteiger partial charge in [0.25, 0.3) is 0 Å². The van der Waals surface area contributed by atoms with E-state index in [0.717, 1.165) is 16.9 Å². The zero-order valence-electron chi connectivity index (χ0n) is 9.24. The van der Waals surface area contributed by atoms with E-state index >= 15 is 0 Å².